The summed E-state index contributed by atoms with van der Waals surface area (Å²) in [5.41, 5.74) is 6.22. The van der Waals surface area contributed by atoms with E-state index in [4.69, 9.17) is 19.0 Å². The number of hydrogen-bond acceptors (Lipinski definition) is 7. The van der Waals surface area contributed by atoms with E-state index in [1.807, 2.05) is 31.1 Å². The largest absolute Gasteiger partial charge is 0.482 e. The van der Waals surface area contributed by atoms with Crippen LogP contribution in [0.5, 0.6) is 5.75 Å². The van der Waals surface area contributed by atoms with Gasteiger partial charge >= 0.3 is 11.6 Å². The van der Waals surface area contributed by atoms with Crippen LogP contribution in [-0.2, 0) is 16.0 Å². The maximum Gasteiger partial charge on any atom is 0.339 e. The molecule has 0 amide bonds. The maximum atomic E-state index is 11.8. The van der Waals surface area contributed by atoms with Gasteiger partial charge in [0.25, 0.3) is 5.69 Å². The van der Waals surface area contributed by atoms with Gasteiger partial charge in [-0.05, 0) is 86.9 Å². The molecule has 9 nitrogen and oxygen atoms in total. The average molecular weight is 730 g/mol. The number of aliphatic carboxylic acids is 1. The van der Waals surface area contributed by atoms with Crippen molar-refractivity contribution in [1.29, 1.82) is 0 Å². The van der Waals surface area contributed by atoms with E-state index in [1.54, 1.807) is 12.1 Å². The van der Waals surface area contributed by atoms with Gasteiger partial charge in [0.1, 0.15) is 16.9 Å². The van der Waals surface area contributed by atoms with E-state index in [2.05, 4.69) is 83.8 Å². The van der Waals surface area contributed by atoms with E-state index < -0.39 is 17.2 Å². The van der Waals surface area contributed by atoms with E-state index in [-0.39, 0.29) is 24.1 Å². The smallest absolute Gasteiger partial charge is 0.339 e. The molecule has 278 valence electrons. The first-order valence-electron chi connectivity index (χ1n) is 18.2. The summed E-state index contributed by atoms with van der Waals surface area (Å²) in [6.45, 7) is 14.1. The first-order chi connectivity index (χ1) is 24.6. The minimum absolute atomic E-state index is 0.0773. The lowest BCUT2D eigenvalue weighted by Crippen LogP contribution is -2.31. The zero-order chi connectivity index (χ0) is 37.8. The molecule has 0 fully saturated rings. The normalized spacial score (nSPS) is 19.3. The fraction of sp³-hybridized carbons (Fsp3) is 0.452. The molecule has 3 aromatic rings. The van der Waals surface area contributed by atoms with E-state index in [0.29, 0.717) is 25.6 Å². The molecular formula is C42H54N2O7P+. The Labute approximate surface area is 309 Å². The van der Waals surface area contributed by atoms with Crippen LogP contribution < -0.4 is 15.3 Å². The lowest BCUT2D eigenvalue weighted by Gasteiger charge is -2.30. The summed E-state index contributed by atoms with van der Waals surface area (Å²) in [5.74, 6) is 3.07. The standard InChI is InChI=1S/C28H39NO3P.C14H15NO4/c1-19(2)12-16-31-20(3)33-17-7-13-28(6)15-10-22-25(32-28)9-8-21-23-18-27(4,5)14-11-24(23)29(30)26(21)22;1-15(2)11-5-3-9-7-10(4-6-13(16)17)14(18)19-12(9)8-11/h7-10,15,17-20,30,33H,11-14,16H2,1-6H3;3,5,7-8H,4,6H2,1-2H3,(H,16,17)/q+1;/b17-7+;. The average Bonchev–Trinajstić information content (AvgIpc) is 3.35. The number of rotatable bonds is 12. The minimum atomic E-state index is -0.928. The number of carboxylic acid groups (broad SMARTS) is 1. The maximum absolute atomic E-state index is 11.8. The Kier molecular flexibility index (Phi) is 12.2. The van der Waals surface area contributed by atoms with Crippen molar-refractivity contribution in [1.82, 2.24) is 0 Å². The van der Waals surface area contributed by atoms with Crippen LogP contribution in [-0.4, -0.2) is 58.9 Å². The van der Waals surface area contributed by atoms with Gasteiger partial charge in [0.2, 0.25) is 5.71 Å². The molecule has 0 saturated heterocycles. The van der Waals surface area contributed by atoms with Gasteiger partial charge in [0, 0.05) is 67.4 Å². The van der Waals surface area contributed by atoms with Crippen molar-refractivity contribution in [3.8, 4) is 5.75 Å². The van der Waals surface area contributed by atoms with Crippen LogP contribution in [0.1, 0.15) is 90.3 Å². The second-order valence-electron chi connectivity index (χ2n) is 15.5. The summed E-state index contributed by atoms with van der Waals surface area (Å²) in [6.07, 6.45) is 12.7. The summed E-state index contributed by atoms with van der Waals surface area (Å²) in [4.78, 5) is 24.2. The summed E-state index contributed by atoms with van der Waals surface area (Å²) in [7, 11) is 4.45. The van der Waals surface area contributed by atoms with Crippen LogP contribution in [0.3, 0.4) is 0 Å². The molecule has 6 rings (SSSR count). The van der Waals surface area contributed by atoms with Crippen LogP contribution in [0.15, 0.2) is 69.7 Å². The molecule has 0 spiro atoms. The predicted octanol–water partition coefficient (Wildman–Crippen LogP) is 9.41. The third-order valence-electron chi connectivity index (χ3n) is 9.68. The zero-order valence-corrected chi connectivity index (χ0v) is 32.8. The second kappa shape index (κ2) is 16.2. The minimum Gasteiger partial charge on any atom is -0.482 e. The number of allylic oxidation sites excluding steroid dienone is 2. The highest BCUT2D eigenvalue weighted by Crippen LogP contribution is 2.48. The third-order valence-corrected chi connectivity index (χ3v) is 10.7. The van der Waals surface area contributed by atoms with Crippen LogP contribution in [0.2, 0.25) is 0 Å². The van der Waals surface area contributed by atoms with Gasteiger partial charge < -0.3 is 23.9 Å². The topological polar surface area (TPSA) is 112 Å². The molecule has 1 aliphatic carbocycles. The Bertz CT molecular complexity index is 1990. The van der Waals surface area contributed by atoms with Crippen molar-refractivity contribution in [2.45, 2.75) is 91.5 Å². The summed E-state index contributed by atoms with van der Waals surface area (Å²) in [5, 5.41) is 20.4. The number of fused-ring (bicyclic) bond motifs is 6. The molecule has 0 saturated carbocycles. The molecule has 1 aromatic heterocycles. The highest BCUT2D eigenvalue weighted by molar-refractivity contribution is 7.42. The predicted molar refractivity (Wildman–Crippen MR) is 212 cm³/mol. The van der Waals surface area contributed by atoms with Gasteiger partial charge in [-0.1, -0.05) is 54.2 Å². The van der Waals surface area contributed by atoms with Crippen molar-refractivity contribution in [3.05, 3.63) is 87.6 Å². The van der Waals surface area contributed by atoms with Crippen LogP contribution in [0, 0.1) is 11.3 Å². The molecule has 2 aliphatic heterocycles. The van der Waals surface area contributed by atoms with Gasteiger partial charge in [0.05, 0.1) is 22.5 Å². The van der Waals surface area contributed by atoms with Crippen LogP contribution in [0.4, 0.5) is 11.4 Å². The molecule has 52 heavy (non-hydrogen) atoms. The molecule has 3 aliphatic rings. The number of nitrogens with zero attached hydrogens (tertiary/aromatic N) is 2. The SMILES string of the molecule is CC(C)CCOC(C)P/C=C/CC1(C)C=Cc2c(ccc3c2[N+](O)=C2CCC(C)(C)C=C23)O1.CN(C)c1ccc2cc(CCC(=O)O)c(=O)oc2c1. The highest BCUT2D eigenvalue weighted by atomic mass is 31.1. The fourth-order valence-corrected chi connectivity index (χ4v) is 7.25. The Morgan fingerprint density at radius 2 is 1.90 bits per heavy atom. The number of anilines is 1. The van der Waals surface area contributed by atoms with E-state index in [9.17, 15) is 14.8 Å². The Morgan fingerprint density at radius 3 is 2.62 bits per heavy atom. The molecule has 0 bridgehead atoms. The lowest BCUT2D eigenvalue weighted by atomic mass is 9.77. The van der Waals surface area contributed by atoms with Gasteiger partial charge in [-0.25, -0.2) is 4.79 Å². The van der Waals surface area contributed by atoms with Crippen molar-refractivity contribution in [3.63, 3.8) is 0 Å². The molecule has 2 aromatic carbocycles. The van der Waals surface area contributed by atoms with Crippen LogP contribution >= 0.6 is 8.58 Å². The van der Waals surface area contributed by atoms with Crippen molar-refractivity contribution >= 4 is 54.3 Å². The summed E-state index contributed by atoms with van der Waals surface area (Å²) in [6, 6.07) is 11.4. The molecule has 3 heterocycles. The molecule has 2 N–H and O–H groups in total. The van der Waals surface area contributed by atoms with Crippen molar-refractivity contribution < 1.29 is 33.7 Å². The summed E-state index contributed by atoms with van der Waals surface area (Å²) >= 11 is 0. The first-order valence-corrected chi connectivity index (χ1v) is 19.3. The number of aryl methyl sites for hydroxylation is 1. The van der Waals surface area contributed by atoms with Gasteiger partial charge in [-0.3, -0.25) is 10.0 Å². The van der Waals surface area contributed by atoms with Gasteiger partial charge in [0.15, 0.2) is 0 Å². The quantitative estimate of drug-likeness (QED) is 0.0821. The van der Waals surface area contributed by atoms with Gasteiger partial charge in [-0.15, -0.1) is 0 Å². The third kappa shape index (κ3) is 9.42. The number of carboxylic acids is 1. The molecule has 10 heteroatoms. The Balaban J connectivity index is 0.000000233. The van der Waals surface area contributed by atoms with Crippen molar-refractivity contribution in [2.24, 2.45) is 11.3 Å². The fourth-order valence-electron chi connectivity index (χ4n) is 6.51. The molecule has 3 unspecified atom stereocenters. The Morgan fingerprint density at radius 1 is 1.13 bits per heavy atom. The monoisotopic (exact) mass is 729 g/mol. The number of ether oxygens (including phenoxy) is 2. The number of benzene rings is 2. The summed E-state index contributed by atoms with van der Waals surface area (Å²) < 4.78 is 19.0. The van der Waals surface area contributed by atoms with Crippen molar-refractivity contribution in [2.75, 3.05) is 25.6 Å². The number of hydrogen-bond donors (Lipinski definition) is 2. The number of carbonyl (C=O) groups is 1. The Hall–Kier alpha value is -4.20. The first kappa shape index (κ1) is 39.0. The molecular weight excluding hydrogens is 675 g/mol. The molecule has 0 radical (unpaired) electrons. The highest BCUT2D eigenvalue weighted by Gasteiger charge is 2.43. The van der Waals surface area contributed by atoms with E-state index >= 15 is 0 Å². The molecule has 3 atom stereocenters. The van der Waals surface area contributed by atoms with Crippen LogP contribution in [0.25, 0.3) is 22.6 Å². The van der Waals surface area contributed by atoms with Gasteiger partial charge in [-0.2, -0.15) is 0 Å². The lowest BCUT2D eigenvalue weighted by molar-refractivity contribution is -0.711. The zero-order valence-electron chi connectivity index (χ0n) is 31.8. The van der Waals surface area contributed by atoms with E-state index in [1.165, 1.54) is 10.3 Å². The van der Waals surface area contributed by atoms with E-state index in [0.717, 1.165) is 71.6 Å². The second-order valence-corrected chi connectivity index (χ2v) is 16.9.